The quantitative estimate of drug-likeness (QED) is 0.668. The van der Waals surface area contributed by atoms with E-state index in [9.17, 15) is 30.8 Å². The van der Waals surface area contributed by atoms with Crippen LogP contribution in [0.15, 0.2) is 23.1 Å². The van der Waals surface area contributed by atoms with Crippen LogP contribution in [0.1, 0.15) is 0 Å². The second-order valence-electron chi connectivity index (χ2n) is 3.46. The maximum absolute atomic E-state index is 12.7. The zero-order chi connectivity index (χ0) is 15.7. The molecule has 0 aromatic heterocycles. The highest BCUT2D eigenvalue weighted by Crippen LogP contribution is 2.29. The fourth-order valence-electron chi connectivity index (χ4n) is 1.09. The van der Waals surface area contributed by atoms with Gasteiger partial charge >= 0.3 is 18.3 Å². The molecule has 0 radical (unpaired) electrons. The van der Waals surface area contributed by atoms with E-state index in [2.05, 4.69) is 0 Å². The molecular weight excluding hydrogens is 349 g/mol. The van der Waals surface area contributed by atoms with Crippen molar-refractivity contribution in [1.82, 2.24) is 0 Å². The molecule has 0 saturated carbocycles. The summed E-state index contributed by atoms with van der Waals surface area (Å²) in [6.45, 7) is 0. The van der Waals surface area contributed by atoms with E-state index in [1.165, 1.54) is 5.32 Å². The van der Waals surface area contributed by atoms with E-state index >= 15 is 0 Å². The van der Waals surface area contributed by atoms with Crippen LogP contribution in [0.4, 0.5) is 23.2 Å². The Morgan fingerprint density at radius 2 is 1.85 bits per heavy atom. The standard InChI is InChI=1S/C9H5Cl2F4NO3S/c10-5-3-4(1-2-6(5)20(11,18)19)16-8(17)9(14,15)7(12)13/h1-3,7H,(H,16,17). The SMILES string of the molecule is O=C(Nc1ccc(S(=O)(=O)Cl)c(Cl)c1)C(F)(F)C(F)F. The van der Waals surface area contributed by atoms with Gasteiger partial charge in [0.2, 0.25) is 0 Å². The maximum Gasteiger partial charge on any atom is 0.383 e. The topological polar surface area (TPSA) is 63.2 Å². The minimum atomic E-state index is -4.89. The van der Waals surface area contributed by atoms with Crippen molar-refractivity contribution in [2.75, 3.05) is 5.32 Å². The Labute approximate surface area is 120 Å². The zero-order valence-corrected chi connectivity index (χ0v) is 11.5. The Morgan fingerprint density at radius 3 is 2.25 bits per heavy atom. The van der Waals surface area contributed by atoms with Crippen LogP contribution in [0, 0.1) is 0 Å². The molecule has 0 aliphatic rings. The fraction of sp³-hybridized carbons (Fsp3) is 0.222. The van der Waals surface area contributed by atoms with Gasteiger partial charge in [-0.3, -0.25) is 4.79 Å². The van der Waals surface area contributed by atoms with Gasteiger partial charge in [-0.25, -0.2) is 17.2 Å². The lowest BCUT2D eigenvalue weighted by Crippen LogP contribution is -2.40. The smallest absolute Gasteiger partial charge is 0.321 e. The van der Waals surface area contributed by atoms with E-state index in [0.717, 1.165) is 18.2 Å². The number of hydrogen-bond acceptors (Lipinski definition) is 3. The molecule has 0 heterocycles. The van der Waals surface area contributed by atoms with Gasteiger partial charge in [-0.05, 0) is 18.2 Å². The highest BCUT2D eigenvalue weighted by molar-refractivity contribution is 8.13. The molecular formula is C9H5Cl2F4NO3S. The molecule has 0 unspecified atom stereocenters. The van der Waals surface area contributed by atoms with Crippen molar-refractivity contribution in [2.24, 2.45) is 0 Å². The van der Waals surface area contributed by atoms with Crippen molar-refractivity contribution in [3.05, 3.63) is 23.2 Å². The number of amides is 1. The fourth-order valence-corrected chi connectivity index (χ4v) is 2.62. The first-order valence-corrected chi connectivity index (χ1v) is 7.36. The number of hydrogen-bond donors (Lipinski definition) is 1. The molecule has 1 aromatic rings. The van der Waals surface area contributed by atoms with Crippen LogP contribution < -0.4 is 5.32 Å². The van der Waals surface area contributed by atoms with Crippen molar-refractivity contribution >= 4 is 42.9 Å². The van der Waals surface area contributed by atoms with Gasteiger partial charge < -0.3 is 5.32 Å². The summed E-state index contributed by atoms with van der Waals surface area (Å²) in [6.07, 6.45) is -4.18. The molecule has 0 spiro atoms. The maximum atomic E-state index is 12.7. The first-order valence-electron chi connectivity index (χ1n) is 4.68. The third kappa shape index (κ3) is 3.74. The number of carbonyl (C=O) groups is 1. The number of rotatable bonds is 4. The second kappa shape index (κ2) is 5.74. The Kier molecular flexibility index (Phi) is 4.88. The molecule has 1 rings (SSSR count). The summed E-state index contributed by atoms with van der Waals surface area (Å²) in [7, 11) is 0.856. The van der Waals surface area contributed by atoms with E-state index in [1.54, 1.807) is 0 Å². The molecule has 1 amide bonds. The third-order valence-corrected chi connectivity index (χ3v) is 3.83. The summed E-state index contributed by atoms with van der Waals surface area (Å²) in [4.78, 5) is 10.4. The van der Waals surface area contributed by atoms with Crippen molar-refractivity contribution in [2.45, 2.75) is 17.2 Å². The molecule has 1 N–H and O–H groups in total. The largest absolute Gasteiger partial charge is 0.383 e. The Morgan fingerprint density at radius 1 is 1.30 bits per heavy atom. The first-order chi connectivity index (χ1) is 8.96. The number of carbonyl (C=O) groups excluding carboxylic acids is 1. The van der Waals surface area contributed by atoms with E-state index in [0.29, 0.717) is 0 Å². The molecule has 1 aromatic carbocycles. The lowest BCUT2D eigenvalue weighted by Gasteiger charge is -2.15. The number of anilines is 1. The highest BCUT2D eigenvalue weighted by Gasteiger charge is 2.48. The van der Waals surface area contributed by atoms with Gasteiger partial charge in [-0.15, -0.1) is 0 Å². The molecule has 11 heteroatoms. The van der Waals surface area contributed by atoms with Gasteiger partial charge in [0.25, 0.3) is 9.05 Å². The molecule has 0 aliphatic heterocycles. The Balaban J connectivity index is 3.02. The predicted octanol–water partition coefficient (Wildman–Crippen LogP) is 3.11. The molecule has 0 bridgehead atoms. The first kappa shape index (κ1) is 17.0. The van der Waals surface area contributed by atoms with Crippen LogP contribution in [0.25, 0.3) is 0 Å². The van der Waals surface area contributed by atoms with Crippen LogP contribution in [-0.2, 0) is 13.8 Å². The Hall–Kier alpha value is -1.06. The van der Waals surface area contributed by atoms with Gasteiger partial charge in [0.1, 0.15) is 4.90 Å². The molecule has 20 heavy (non-hydrogen) atoms. The summed E-state index contributed by atoms with van der Waals surface area (Å²) in [6, 6.07) is 2.50. The normalized spacial score (nSPS) is 12.6. The molecule has 112 valence electrons. The van der Waals surface area contributed by atoms with Crippen molar-refractivity contribution < 1.29 is 30.8 Å². The molecule has 4 nitrogen and oxygen atoms in total. The minimum Gasteiger partial charge on any atom is -0.321 e. The van der Waals surface area contributed by atoms with Gasteiger partial charge in [0.05, 0.1) is 5.02 Å². The van der Waals surface area contributed by atoms with Crippen LogP contribution in [0.3, 0.4) is 0 Å². The van der Waals surface area contributed by atoms with Gasteiger partial charge in [-0.1, -0.05) is 11.6 Å². The van der Waals surface area contributed by atoms with Gasteiger partial charge in [-0.2, -0.15) is 8.78 Å². The van der Waals surface area contributed by atoms with Crippen molar-refractivity contribution in [3.63, 3.8) is 0 Å². The lowest BCUT2D eigenvalue weighted by molar-refractivity contribution is -0.163. The summed E-state index contributed by atoms with van der Waals surface area (Å²) in [5.74, 6) is -7.13. The van der Waals surface area contributed by atoms with E-state index < -0.39 is 37.2 Å². The summed E-state index contributed by atoms with van der Waals surface area (Å²) in [5.41, 5.74) is -0.385. The van der Waals surface area contributed by atoms with Crippen LogP contribution in [-0.4, -0.2) is 26.7 Å². The number of alkyl halides is 4. The third-order valence-electron chi connectivity index (χ3n) is 2.03. The Bertz CT molecular complexity index is 636. The minimum absolute atomic E-state index is 0.385. The molecule has 0 fully saturated rings. The molecule has 0 atom stereocenters. The zero-order valence-electron chi connectivity index (χ0n) is 9.21. The average molecular weight is 354 g/mol. The van der Waals surface area contributed by atoms with E-state index in [4.69, 9.17) is 22.3 Å². The summed E-state index contributed by atoms with van der Waals surface area (Å²) >= 11 is 5.52. The summed E-state index contributed by atoms with van der Waals surface area (Å²) in [5, 5.41) is 1.03. The highest BCUT2D eigenvalue weighted by atomic mass is 35.7. The van der Waals surface area contributed by atoms with Crippen LogP contribution >= 0.6 is 22.3 Å². The van der Waals surface area contributed by atoms with E-state index in [1.807, 2.05) is 0 Å². The van der Waals surface area contributed by atoms with Gasteiger partial charge in [0.15, 0.2) is 0 Å². The van der Waals surface area contributed by atoms with E-state index in [-0.39, 0.29) is 5.69 Å². The number of nitrogens with one attached hydrogen (secondary N) is 1. The second-order valence-corrected chi connectivity index (χ2v) is 6.40. The molecule has 0 aliphatic carbocycles. The number of halogens is 6. The number of benzene rings is 1. The predicted molar refractivity (Wildman–Crippen MR) is 64.1 cm³/mol. The molecule has 0 saturated heterocycles. The van der Waals surface area contributed by atoms with Gasteiger partial charge in [0, 0.05) is 16.4 Å². The van der Waals surface area contributed by atoms with Crippen LogP contribution in [0.2, 0.25) is 5.02 Å². The average Bonchev–Trinajstić information content (AvgIpc) is 2.26. The van der Waals surface area contributed by atoms with Crippen LogP contribution in [0.5, 0.6) is 0 Å². The van der Waals surface area contributed by atoms with Crippen molar-refractivity contribution in [1.29, 1.82) is 0 Å². The van der Waals surface area contributed by atoms with Crippen molar-refractivity contribution in [3.8, 4) is 0 Å². The summed E-state index contributed by atoms with van der Waals surface area (Å²) < 4.78 is 71.2. The monoisotopic (exact) mass is 353 g/mol. The lowest BCUT2D eigenvalue weighted by atomic mass is 10.2.